The number of nitrogens with zero attached hydrogens (tertiary/aromatic N) is 1. The fraction of sp³-hybridized carbons (Fsp3) is 0.750. The van der Waals surface area contributed by atoms with Crippen molar-refractivity contribution >= 4 is 12.2 Å². The van der Waals surface area contributed by atoms with Gasteiger partial charge in [0.25, 0.3) is 0 Å². The topological polar surface area (TPSA) is 129 Å². The van der Waals surface area contributed by atoms with Crippen LogP contribution in [0.5, 0.6) is 0 Å². The first-order valence-corrected chi connectivity index (χ1v) is 4.81. The second kappa shape index (κ2) is 9.38. The van der Waals surface area contributed by atoms with Crippen molar-refractivity contribution < 1.29 is 9.53 Å². The maximum Gasteiger partial charge on any atom is 0.323 e. The summed E-state index contributed by atoms with van der Waals surface area (Å²) in [4.78, 5) is 11.2. The van der Waals surface area contributed by atoms with Crippen molar-refractivity contribution in [3.63, 3.8) is 0 Å². The molecule has 7 heteroatoms. The Morgan fingerprint density at radius 1 is 1.53 bits per heavy atom. The number of hydrazone groups is 1. The first kappa shape index (κ1) is 13.8. The van der Waals surface area contributed by atoms with Gasteiger partial charge in [-0.2, -0.15) is 5.10 Å². The zero-order chi connectivity index (χ0) is 11.5. The van der Waals surface area contributed by atoms with Crippen LogP contribution >= 0.6 is 0 Å². The van der Waals surface area contributed by atoms with Gasteiger partial charge in [-0.3, -0.25) is 4.79 Å². The number of carbonyl (C=O) groups is 1. The summed E-state index contributed by atoms with van der Waals surface area (Å²) >= 11 is 0. The van der Waals surface area contributed by atoms with Crippen LogP contribution in [0, 0.1) is 0 Å². The minimum Gasteiger partial charge on any atom is -0.459 e. The fourth-order valence-corrected chi connectivity index (χ4v) is 0.943. The Kier molecular flexibility index (Phi) is 8.64. The number of hydrazine groups is 1. The smallest absolute Gasteiger partial charge is 0.323 e. The largest absolute Gasteiger partial charge is 0.459 e. The van der Waals surface area contributed by atoms with Crippen LogP contribution in [0.3, 0.4) is 0 Å². The highest BCUT2D eigenvalue weighted by Crippen LogP contribution is 1.99. The van der Waals surface area contributed by atoms with Gasteiger partial charge < -0.3 is 16.2 Å². The summed E-state index contributed by atoms with van der Waals surface area (Å²) in [5.41, 5.74) is 12.9. The Bertz CT molecular complexity index is 197. The van der Waals surface area contributed by atoms with Gasteiger partial charge in [-0.05, 0) is 19.4 Å². The number of nitrogens with one attached hydrogen (secondary N) is 1. The highest BCUT2D eigenvalue weighted by molar-refractivity contribution is 5.77. The number of ether oxygens (including phenoxy) is 1. The maximum absolute atomic E-state index is 11.2. The van der Waals surface area contributed by atoms with E-state index in [4.69, 9.17) is 22.0 Å². The number of carbonyl (C=O) groups excluding carboxylic acids is 1. The summed E-state index contributed by atoms with van der Waals surface area (Å²) in [5.74, 6) is 4.43. The molecule has 0 radical (unpaired) electrons. The fourth-order valence-electron chi connectivity index (χ4n) is 0.943. The molecular formula is C8H19N5O2. The van der Waals surface area contributed by atoms with E-state index in [0.29, 0.717) is 13.0 Å². The van der Waals surface area contributed by atoms with Crippen LogP contribution in [-0.2, 0) is 9.53 Å². The van der Waals surface area contributed by atoms with Gasteiger partial charge in [-0.15, -0.1) is 0 Å². The third-order valence-electron chi connectivity index (χ3n) is 1.74. The molecule has 0 aliphatic heterocycles. The highest BCUT2D eigenvalue weighted by Gasteiger charge is 2.13. The molecule has 0 heterocycles. The molecule has 0 saturated carbocycles. The molecular weight excluding hydrogens is 198 g/mol. The zero-order valence-corrected chi connectivity index (χ0v) is 8.69. The molecule has 88 valence electrons. The lowest BCUT2D eigenvalue weighted by Crippen LogP contribution is -2.32. The number of unbranched alkanes of at least 4 members (excludes halogenated alkanes) is 1. The Morgan fingerprint density at radius 2 is 2.27 bits per heavy atom. The summed E-state index contributed by atoms with van der Waals surface area (Å²) in [6, 6.07) is -0.587. The first-order valence-electron chi connectivity index (χ1n) is 4.81. The van der Waals surface area contributed by atoms with Crippen LogP contribution < -0.4 is 22.8 Å². The van der Waals surface area contributed by atoms with Gasteiger partial charge in [0.1, 0.15) is 12.6 Å². The standard InChI is InChI=1S/C8H19N5O2/c9-4-2-1-3-7(10)8(14)15-6-5-12-13-11/h5,7,13H,1-4,6,9-11H2/t7-/m0/s1. The number of hydrogen-bond donors (Lipinski definition) is 4. The quantitative estimate of drug-likeness (QED) is 0.128. The van der Waals surface area contributed by atoms with Crippen LogP contribution in [0.4, 0.5) is 0 Å². The van der Waals surface area contributed by atoms with Crippen molar-refractivity contribution in [3.05, 3.63) is 0 Å². The molecule has 0 unspecified atom stereocenters. The lowest BCUT2D eigenvalue weighted by Gasteiger charge is -2.09. The van der Waals surface area contributed by atoms with E-state index in [1.165, 1.54) is 6.21 Å². The number of rotatable bonds is 8. The van der Waals surface area contributed by atoms with E-state index in [-0.39, 0.29) is 6.61 Å². The molecule has 0 fully saturated rings. The molecule has 0 spiro atoms. The summed E-state index contributed by atoms with van der Waals surface area (Å²) in [5, 5.41) is 3.45. The predicted molar refractivity (Wildman–Crippen MR) is 57.7 cm³/mol. The van der Waals surface area contributed by atoms with Crippen molar-refractivity contribution in [3.8, 4) is 0 Å². The van der Waals surface area contributed by atoms with Gasteiger partial charge >= 0.3 is 5.97 Å². The average molecular weight is 217 g/mol. The molecule has 15 heavy (non-hydrogen) atoms. The van der Waals surface area contributed by atoms with Crippen LogP contribution in [0.1, 0.15) is 19.3 Å². The van der Waals surface area contributed by atoms with E-state index in [2.05, 4.69) is 5.10 Å². The molecule has 7 N–H and O–H groups in total. The summed E-state index contributed by atoms with van der Waals surface area (Å²) in [7, 11) is 0. The zero-order valence-electron chi connectivity index (χ0n) is 8.69. The number of hydrogen-bond acceptors (Lipinski definition) is 7. The van der Waals surface area contributed by atoms with Crippen LogP contribution in [0.15, 0.2) is 5.10 Å². The van der Waals surface area contributed by atoms with E-state index < -0.39 is 12.0 Å². The molecule has 0 aromatic heterocycles. The Balaban J connectivity index is 3.55. The lowest BCUT2D eigenvalue weighted by atomic mass is 10.1. The summed E-state index contributed by atoms with van der Waals surface area (Å²) in [6.07, 6.45) is 3.61. The minimum absolute atomic E-state index is 0.0631. The highest BCUT2D eigenvalue weighted by atomic mass is 16.5. The van der Waals surface area contributed by atoms with E-state index in [9.17, 15) is 4.79 Å². The molecule has 1 atom stereocenters. The molecule has 7 nitrogen and oxygen atoms in total. The average Bonchev–Trinajstić information content (AvgIpc) is 2.24. The first-order chi connectivity index (χ1) is 7.22. The Labute approximate surface area is 89.0 Å². The SMILES string of the molecule is NCCCC[C@H](N)C(=O)OCC=NNN. The van der Waals surface area contributed by atoms with Gasteiger partial charge in [-0.25, -0.2) is 11.4 Å². The second-order valence-corrected chi connectivity index (χ2v) is 2.96. The number of nitrogens with two attached hydrogens (primary N) is 3. The van der Waals surface area contributed by atoms with Gasteiger partial charge in [-0.1, -0.05) is 6.42 Å². The molecule has 0 aromatic rings. The molecule has 0 rings (SSSR count). The lowest BCUT2D eigenvalue weighted by molar-refractivity contribution is -0.143. The minimum atomic E-state index is -0.587. The van der Waals surface area contributed by atoms with E-state index in [1.807, 2.05) is 5.53 Å². The molecule has 0 saturated heterocycles. The second-order valence-electron chi connectivity index (χ2n) is 2.96. The van der Waals surface area contributed by atoms with Crippen LogP contribution in [0.2, 0.25) is 0 Å². The third-order valence-corrected chi connectivity index (χ3v) is 1.74. The van der Waals surface area contributed by atoms with Crippen molar-refractivity contribution in [2.75, 3.05) is 13.2 Å². The van der Waals surface area contributed by atoms with E-state index in [0.717, 1.165) is 12.8 Å². The van der Waals surface area contributed by atoms with Crippen LogP contribution in [-0.4, -0.2) is 31.4 Å². The normalized spacial score (nSPS) is 12.7. The molecule has 0 aliphatic carbocycles. The molecule has 0 bridgehead atoms. The molecule has 0 aliphatic rings. The third kappa shape index (κ3) is 7.86. The van der Waals surface area contributed by atoms with Gasteiger partial charge in [0, 0.05) is 0 Å². The van der Waals surface area contributed by atoms with Gasteiger partial charge in [0.15, 0.2) is 0 Å². The van der Waals surface area contributed by atoms with Crippen molar-refractivity contribution in [2.45, 2.75) is 25.3 Å². The van der Waals surface area contributed by atoms with Crippen molar-refractivity contribution in [1.29, 1.82) is 0 Å². The van der Waals surface area contributed by atoms with E-state index in [1.54, 1.807) is 0 Å². The Morgan fingerprint density at radius 3 is 2.87 bits per heavy atom. The Hall–Kier alpha value is -1.18. The predicted octanol–water partition coefficient (Wildman–Crippen LogP) is -1.56. The number of esters is 1. The maximum atomic E-state index is 11.2. The van der Waals surface area contributed by atoms with Crippen LogP contribution in [0.25, 0.3) is 0 Å². The van der Waals surface area contributed by atoms with Gasteiger partial charge in [0.05, 0.1) is 6.21 Å². The van der Waals surface area contributed by atoms with Gasteiger partial charge in [0.2, 0.25) is 0 Å². The summed E-state index contributed by atoms with van der Waals surface area (Å²) < 4.78 is 4.80. The molecule has 0 amide bonds. The van der Waals surface area contributed by atoms with Crippen molar-refractivity contribution in [2.24, 2.45) is 22.4 Å². The summed E-state index contributed by atoms with van der Waals surface area (Å²) in [6.45, 7) is 0.671. The monoisotopic (exact) mass is 217 g/mol. The van der Waals surface area contributed by atoms with E-state index >= 15 is 0 Å². The van der Waals surface area contributed by atoms with Crippen molar-refractivity contribution in [1.82, 2.24) is 5.53 Å². The molecule has 0 aromatic carbocycles.